The van der Waals surface area contributed by atoms with Crippen molar-refractivity contribution in [3.8, 4) is 11.5 Å². The van der Waals surface area contributed by atoms with Crippen molar-refractivity contribution in [2.45, 2.75) is 6.92 Å². The lowest BCUT2D eigenvalue weighted by atomic mass is 10.2. The van der Waals surface area contributed by atoms with Gasteiger partial charge in [-0.2, -0.15) is 0 Å². The fourth-order valence-electron chi connectivity index (χ4n) is 2.57. The van der Waals surface area contributed by atoms with E-state index in [-0.39, 0.29) is 28.6 Å². The number of alkyl halides is 1. The Kier molecular flexibility index (Phi) is 7.93. The van der Waals surface area contributed by atoms with Crippen LogP contribution in [0.25, 0.3) is 0 Å². The first-order chi connectivity index (χ1) is 14.2. The number of nitrogens with zero attached hydrogens (tertiary/aromatic N) is 1. The molecule has 2 aromatic rings. The summed E-state index contributed by atoms with van der Waals surface area (Å²) < 4.78 is 35.1. The standard InChI is InChI=1S/C21H20F2IN3O3/c1-4-14(23)15(6-5-9-24)26-21-19(20(25)29)17(11-18(28)27(21)3)30-16-8-7-13(22)10-12(16)2/h4-8,10-11,26H,1,9H2,2-3H3,(H2,25,29)/b6-5-,15-14-. The lowest BCUT2D eigenvalue weighted by molar-refractivity contribution is 0.0998. The van der Waals surface area contributed by atoms with E-state index in [4.69, 9.17) is 10.5 Å². The summed E-state index contributed by atoms with van der Waals surface area (Å²) in [5.74, 6) is -2.03. The molecule has 0 saturated heterocycles. The maximum Gasteiger partial charge on any atom is 0.256 e. The molecule has 0 atom stereocenters. The highest BCUT2D eigenvalue weighted by Gasteiger charge is 2.22. The predicted octanol–water partition coefficient (Wildman–Crippen LogP) is 4.49. The molecule has 0 unspecified atom stereocenters. The molecule has 158 valence electrons. The van der Waals surface area contributed by atoms with Crippen LogP contribution in [0.3, 0.4) is 0 Å². The molecule has 0 spiro atoms. The quantitative estimate of drug-likeness (QED) is 0.301. The number of hydrogen-bond donors (Lipinski definition) is 2. The third-order valence-electron chi connectivity index (χ3n) is 4.07. The number of aromatic nitrogens is 1. The zero-order valence-corrected chi connectivity index (χ0v) is 18.5. The largest absolute Gasteiger partial charge is 0.456 e. The van der Waals surface area contributed by atoms with Gasteiger partial charge in [0.25, 0.3) is 11.5 Å². The summed E-state index contributed by atoms with van der Waals surface area (Å²) in [6, 6.07) is 4.88. The molecular formula is C21H20F2IN3O3. The number of rotatable bonds is 8. The SMILES string of the molecule is C=C/C(F)=C(\C=C/CI)Nc1c(C(N)=O)c(Oc2ccc(F)cc2C)cc(=O)n1C. The Labute approximate surface area is 185 Å². The van der Waals surface area contributed by atoms with Crippen molar-refractivity contribution >= 4 is 34.3 Å². The molecule has 0 radical (unpaired) electrons. The van der Waals surface area contributed by atoms with Crippen molar-refractivity contribution in [2.75, 3.05) is 9.74 Å². The van der Waals surface area contributed by atoms with Crippen molar-refractivity contribution in [1.29, 1.82) is 0 Å². The lowest BCUT2D eigenvalue weighted by Gasteiger charge is -2.19. The van der Waals surface area contributed by atoms with Crippen LogP contribution in [0.5, 0.6) is 11.5 Å². The number of nitrogens with two attached hydrogens (primary N) is 1. The number of allylic oxidation sites excluding steroid dienone is 4. The normalized spacial score (nSPS) is 11.9. The van der Waals surface area contributed by atoms with Gasteiger partial charge in [0.2, 0.25) is 0 Å². The van der Waals surface area contributed by atoms with Gasteiger partial charge in [0.1, 0.15) is 34.5 Å². The molecule has 0 aliphatic carbocycles. The van der Waals surface area contributed by atoms with E-state index in [0.717, 1.165) is 16.7 Å². The summed E-state index contributed by atoms with van der Waals surface area (Å²) in [5, 5.41) is 2.74. The molecule has 1 aromatic heterocycles. The number of amides is 1. The second-order valence-corrected chi connectivity index (χ2v) is 7.03. The predicted molar refractivity (Wildman–Crippen MR) is 121 cm³/mol. The number of pyridine rings is 1. The van der Waals surface area contributed by atoms with Gasteiger partial charge in [-0.25, -0.2) is 8.78 Å². The van der Waals surface area contributed by atoms with Crippen LogP contribution >= 0.6 is 22.6 Å². The number of primary amides is 1. The van der Waals surface area contributed by atoms with Crippen molar-refractivity contribution in [1.82, 2.24) is 4.57 Å². The number of aryl methyl sites for hydroxylation is 1. The summed E-state index contributed by atoms with van der Waals surface area (Å²) >= 11 is 2.08. The molecule has 1 heterocycles. The topological polar surface area (TPSA) is 86.3 Å². The van der Waals surface area contributed by atoms with E-state index in [2.05, 4.69) is 34.5 Å². The van der Waals surface area contributed by atoms with E-state index in [1.165, 1.54) is 31.3 Å². The summed E-state index contributed by atoms with van der Waals surface area (Å²) in [5.41, 5.74) is 5.28. The highest BCUT2D eigenvalue weighted by atomic mass is 127. The van der Waals surface area contributed by atoms with Crippen molar-refractivity contribution in [2.24, 2.45) is 12.8 Å². The number of nitrogens with one attached hydrogen (secondary N) is 1. The molecule has 0 saturated carbocycles. The maximum atomic E-state index is 14.3. The highest BCUT2D eigenvalue weighted by molar-refractivity contribution is 14.1. The number of benzene rings is 1. The second kappa shape index (κ2) is 10.2. The van der Waals surface area contributed by atoms with Gasteiger partial charge in [-0.1, -0.05) is 35.2 Å². The summed E-state index contributed by atoms with van der Waals surface area (Å²) in [6.45, 7) is 5.00. The minimum Gasteiger partial charge on any atom is -0.456 e. The van der Waals surface area contributed by atoms with Gasteiger partial charge < -0.3 is 15.8 Å². The number of ether oxygens (including phenoxy) is 1. The smallest absolute Gasteiger partial charge is 0.256 e. The van der Waals surface area contributed by atoms with Crippen LogP contribution in [0.2, 0.25) is 0 Å². The Morgan fingerprint density at radius 1 is 1.37 bits per heavy atom. The molecule has 0 aliphatic rings. The zero-order chi connectivity index (χ0) is 22.4. The Balaban J connectivity index is 2.68. The van der Waals surface area contributed by atoms with E-state index >= 15 is 0 Å². The number of carbonyl (C=O) groups is 1. The van der Waals surface area contributed by atoms with Gasteiger partial charge >= 0.3 is 0 Å². The molecule has 9 heteroatoms. The van der Waals surface area contributed by atoms with E-state index in [9.17, 15) is 18.4 Å². The van der Waals surface area contributed by atoms with Crippen molar-refractivity contribution < 1.29 is 18.3 Å². The molecule has 30 heavy (non-hydrogen) atoms. The fourth-order valence-corrected chi connectivity index (χ4v) is 2.82. The Morgan fingerprint density at radius 2 is 2.07 bits per heavy atom. The van der Waals surface area contributed by atoms with E-state index in [1.54, 1.807) is 13.0 Å². The second-order valence-electron chi connectivity index (χ2n) is 6.15. The zero-order valence-electron chi connectivity index (χ0n) is 16.3. The summed E-state index contributed by atoms with van der Waals surface area (Å²) in [4.78, 5) is 24.7. The van der Waals surface area contributed by atoms with Crippen LogP contribution in [-0.4, -0.2) is 14.9 Å². The Hall–Kier alpha value is -2.95. The van der Waals surface area contributed by atoms with Gasteiger partial charge in [0.15, 0.2) is 0 Å². The highest BCUT2D eigenvalue weighted by Crippen LogP contribution is 2.31. The summed E-state index contributed by atoms with van der Waals surface area (Å²) in [6.07, 6.45) is 4.12. The fraction of sp³-hybridized carbons (Fsp3) is 0.143. The van der Waals surface area contributed by atoms with Crippen LogP contribution in [0.15, 0.2) is 65.4 Å². The van der Waals surface area contributed by atoms with Gasteiger partial charge in [0, 0.05) is 17.5 Å². The first-order valence-corrected chi connectivity index (χ1v) is 10.2. The minimum absolute atomic E-state index is 0.0192. The van der Waals surface area contributed by atoms with Gasteiger partial charge in [0.05, 0.1) is 5.70 Å². The van der Waals surface area contributed by atoms with Gasteiger partial charge in [-0.3, -0.25) is 14.2 Å². The molecule has 1 amide bonds. The Morgan fingerprint density at radius 3 is 2.63 bits per heavy atom. The average molecular weight is 527 g/mol. The van der Waals surface area contributed by atoms with Crippen LogP contribution in [-0.2, 0) is 7.05 Å². The molecule has 1 aromatic carbocycles. The lowest BCUT2D eigenvalue weighted by Crippen LogP contribution is -2.26. The number of anilines is 1. The Bertz CT molecular complexity index is 1110. The molecule has 6 nitrogen and oxygen atoms in total. The molecule has 0 fully saturated rings. The molecular weight excluding hydrogens is 507 g/mol. The van der Waals surface area contributed by atoms with E-state index in [1.807, 2.05) is 0 Å². The van der Waals surface area contributed by atoms with Crippen molar-refractivity contribution in [3.63, 3.8) is 0 Å². The first-order valence-electron chi connectivity index (χ1n) is 8.69. The average Bonchev–Trinajstić information content (AvgIpc) is 2.69. The van der Waals surface area contributed by atoms with Gasteiger partial charge in [-0.15, -0.1) is 0 Å². The van der Waals surface area contributed by atoms with Gasteiger partial charge in [-0.05, 0) is 42.8 Å². The third-order valence-corrected chi connectivity index (χ3v) is 4.58. The van der Waals surface area contributed by atoms with Crippen LogP contribution in [0, 0.1) is 12.7 Å². The maximum absolute atomic E-state index is 14.3. The third kappa shape index (κ3) is 5.35. The number of hydrogen-bond acceptors (Lipinski definition) is 4. The van der Waals surface area contributed by atoms with E-state index in [0.29, 0.717) is 9.99 Å². The number of carbonyl (C=O) groups excluding carboxylic acids is 1. The molecule has 0 aliphatic heterocycles. The molecule has 0 bridgehead atoms. The molecule has 2 rings (SSSR count). The first kappa shape index (κ1) is 23.3. The van der Waals surface area contributed by atoms with E-state index < -0.39 is 23.1 Å². The number of halogens is 3. The van der Waals surface area contributed by atoms with Crippen LogP contribution in [0.1, 0.15) is 15.9 Å². The monoisotopic (exact) mass is 527 g/mol. The molecule has 3 N–H and O–H groups in total. The van der Waals surface area contributed by atoms with Crippen molar-refractivity contribution in [3.05, 3.63) is 87.9 Å². The minimum atomic E-state index is -0.904. The van der Waals surface area contributed by atoms with Crippen LogP contribution < -0.4 is 21.3 Å². The van der Waals surface area contributed by atoms with Crippen LogP contribution in [0.4, 0.5) is 14.6 Å². The summed E-state index contributed by atoms with van der Waals surface area (Å²) in [7, 11) is 1.40.